The summed E-state index contributed by atoms with van der Waals surface area (Å²) in [5, 5.41) is 3.37. The first-order chi connectivity index (χ1) is 6.12. The van der Waals surface area contributed by atoms with Crippen LogP contribution in [0.15, 0.2) is 0 Å². The minimum Gasteiger partial charge on any atom is -0.373 e. The molecule has 0 aromatic heterocycles. The van der Waals surface area contributed by atoms with Crippen LogP contribution in [0.2, 0.25) is 0 Å². The van der Waals surface area contributed by atoms with Gasteiger partial charge in [0, 0.05) is 13.1 Å². The highest BCUT2D eigenvalue weighted by atomic mass is 16.5. The van der Waals surface area contributed by atoms with Crippen molar-refractivity contribution in [3.8, 4) is 0 Å². The molecule has 0 radical (unpaired) electrons. The fourth-order valence-corrected chi connectivity index (χ4v) is 1.63. The fraction of sp³-hybridized carbons (Fsp3) is 1.00. The third-order valence-corrected chi connectivity index (χ3v) is 2.55. The number of likely N-dealkylation sites (N-methyl/N-ethyl adjacent to an activating group) is 1. The second-order valence-electron chi connectivity index (χ2n) is 4.38. The zero-order valence-electron chi connectivity index (χ0n) is 9.10. The highest BCUT2D eigenvalue weighted by Gasteiger charge is 2.26. The number of ether oxygens (including phenoxy) is 1. The minimum absolute atomic E-state index is 0.0776. The summed E-state index contributed by atoms with van der Waals surface area (Å²) < 4.78 is 5.88. The molecule has 1 atom stereocenters. The molecule has 3 heteroatoms. The van der Waals surface area contributed by atoms with Crippen molar-refractivity contribution >= 4 is 0 Å². The molecule has 0 amide bonds. The quantitative estimate of drug-likeness (QED) is 0.699. The second-order valence-corrected chi connectivity index (χ2v) is 4.38. The van der Waals surface area contributed by atoms with E-state index in [4.69, 9.17) is 4.74 Å². The Bertz CT molecular complexity index is 142. The van der Waals surface area contributed by atoms with Gasteiger partial charge >= 0.3 is 0 Å². The van der Waals surface area contributed by atoms with Crippen LogP contribution in [0, 0.1) is 0 Å². The van der Waals surface area contributed by atoms with Gasteiger partial charge in [0.15, 0.2) is 0 Å². The third kappa shape index (κ3) is 4.07. The smallest absolute Gasteiger partial charge is 0.0779 e. The molecule has 3 nitrogen and oxygen atoms in total. The maximum Gasteiger partial charge on any atom is 0.0779 e. The first kappa shape index (κ1) is 11.0. The summed E-state index contributed by atoms with van der Waals surface area (Å²) in [6, 6.07) is 0. The molecule has 1 aliphatic heterocycles. The Kier molecular flexibility index (Phi) is 4.16. The van der Waals surface area contributed by atoms with E-state index < -0.39 is 0 Å². The summed E-state index contributed by atoms with van der Waals surface area (Å²) in [4.78, 5) is 2.15. The highest BCUT2D eigenvalue weighted by molar-refractivity contribution is 4.82. The van der Waals surface area contributed by atoms with Crippen LogP contribution in [-0.2, 0) is 4.74 Å². The number of hydrogen-bond acceptors (Lipinski definition) is 3. The Morgan fingerprint density at radius 2 is 2.23 bits per heavy atom. The molecule has 1 unspecified atom stereocenters. The maximum absolute atomic E-state index is 5.88. The van der Waals surface area contributed by atoms with Crippen LogP contribution in [0.1, 0.15) is 19.8 Å². The molecule has 0 bridgehead atoms. The first-order valence-corrected chi connectivity index (χ1v) is 5.12. The molecule has 1 aliphatic rings. The SMILES string of the molecule is CN(C)CCOC1(C)CCCNC1. The zero-order valence-corrected chi connectivity index (χ0v) is 9.10. The van der Waals surface area contributed by atoms with Gasteiger partial charge in [-0.2, -0.15) is 0 Å². The van der Waals surface area contributed by atoms with Crippen LogP contribution in [0.5, 0.6) is 0 Å². The Morgan fingerprint density at radius 1 is 1.46 bits per heavy atom. The number of nitrogens with one attached hydrogen (secondary N) is 1. The van der Waals surface area contributed by atoms with Gasteiger partial charge in [-0.25, -0.2) is 0 Å². The summed E-state index contributed by atoms with van der Waals surface area (Å²) in [6.07, 6.45) is 2.42. The van der Waals surface area contributed by atoms with Crippen molar-refractivity contribution in [1.82, 2.24) is 10.2 Å². The van der Waals surface area contributed by atoms with Crippen molar-refractivity contribution in [2.45, 2.75) is 25.4 Å². The normalized spacial score (nSPS) is 29.5. The predicted molar refractivity (Wildman–Crippen MR) is 55.0 cm³/mol. The van der Waals surface area contributed by atoms with E-state index in [1.54, 1.807) is 0 Å². The average molecular weight is 186 g/mol. The summed E-state index contributed by atoms with van der Waals surface area (Å²) in [7, 11) is 4.15. The molecule has 1 N–H and O–H groups in total. The molecule has 0 aromatic rings. The Labute approximate surface area is 81.4 Å². The predicted octanol–water partition coefficient (Wildman–Crippen LogP) is 0.707. The molecule has 0 saturated carbocycles. The summed E-state index contributed by atoms with van der Waals surface area (Å²) in [5.74, 6) is 0. The van der Waals surface area contributed by atoms with Gasteiger partial charge in [0.2, 0.25) is 0 Å². The van der Waals surface area contributed by atoms with E-state index >= 15 is 0 Å². The van der Waals surface area contributed by atoms with E-state index in [0.717, 1.165) is 26.2 Å². The largest absolute Gasteiger partial charge is 0.373 e. The monoisotopic (exact) mass is 186 g/mol. The lowest BCUT2D eigenvalue weighted by molar-refractivity contribution is -0.0503. The Morgan fingerprint density at radius 3 is 2.77 bits per heavy atom. The van der Waals surface area contributed by atoms with E-state index in [1.807, 2.05) is 0 Å². The van der Waals surface area contributed by atoms with Crippen molar-refractivity contribution in [2.75, 3.05) is 40.3 Å². The number of hydrogen-bond donors (Lipinski definition) is 1. The molecule has 1 rings (SSSR count). The second kappa shape index (κ2) is 4.94. The van der Waals surface area contributed by atoms with Gasteiger partial charge in [0.25, 0.3) is 0 Å². The van der Waals surface area contributed by atoms with E-state index in [1.165, 1.54) is 12.8 Å². The molecule has 0 aliphatic carbocycles. The van der Waals surface area contributed by atoms with Gasteiger partial charge in [0.1, 0.15) is 0 Å². The number of rotatable bonds is 4. The fourth-order valence-electron chi connectivity index (χ4n) is 1.63. The molecule has 1 heterocycles. The number of nitrogens with zero attached hydrogens (tertiary/aromatic N) is 1. The summed E-state index contributed by atoms with van der Waals surface area (Å²) in [6.45, 7) is 6.20. The summed E-state index contributed by atoms with van der Waals surface area (Å²) >= 11 is 0. The molecule has 1 saturated heterocycles. The first-order valence-electron chi connectivity index (χ1n) is 5.12. The molecule has 0 aromatic carbocycles. The Balaban J connectivity index is 2.17. The lowest BCUT2D eigenvalue weighted by Gasteiger charge is -2.34. The van der Waals surface area contributed by atoms with Crippen LogP contribution in [-0.4, -0.2) is 50.8 Å². The molecular formula is C10H22N2O. The van der Waals surface area contributed by atoms with Crippen molar-refractivity contribution in [1.29, 1.82) is 0 Å². The van der Waals surface area contributed by atoms with Crippen molar-refractivity contribution in [3.05, 3.63) is 0 Å². The van der Waals surface area contributed by atoms with E-state index in [9.17, 15) is 0 Å². The lowest BCUT2D eigenvalue weighted by Crippen LogP contribution is -2.46. The summed E-state index contributed by atoms with van der Waals surface area (Å²) in [5.41, 5.74) is 0.0776. The lowest BCUT2D eigenvalue weighted by atomic mass is 9.96. The van der Waals surface area contributed by atoms with E-state index in [0.29, 0.717) is 0 Å². The zero-order chi connectivity index (χ0) is 9.73. The van der Waals surface area contributed by atoms with Crippen LogP contribution < -0.4 is 5.32 Å². The molecule has 0 spiro atoms. The maximum atomic E-state index is 5.88. The van der Waals surface area contributed by atoms with Crippen LogP contribution in [0.25, 0.3) is 0 Å². The Hall–Kier alpha value is -0.120. The van der Waals surface area contributed by atoms with Gasteiger partial charge in [-0.1, -0.05) is 0 Å². The van der Waals surface area contributed by atoms with Gasteiger partial charge in [-0.05, 0) is 40.4 Å². The van der Waals surface area contributed by atoms with Gasteiger partial charge in [0.05, 0.1) is 12.2 Å². The van der Waals surface area contributed by atoms with Crippen LogP contribution in [0.3, 0.4) is 0 Å². The van der Waals surface area contributed by atoms with E-state index in [-0.39, 0.29) is 5.60 Å². The van der Waals surface area contributed by atoms with Crippen molar-refractivity contribution in [2.24, 2.45) is 0 Å². The molecule has 78 valence electrons. The highest BCUT2D eigenvalue weighted by Crippen LogP contribution is 2.19. The number of piperidine rings is 1. The molecular weight excluding hydrogens is 164 g/mol. The van der Waals surface area contributed by atoms with Crippen LogP contribution >= 0.6 is 0 Å². The van der Waals surface area contributed by atoms with Gasteiger partial charge in [-0.15, -0.1) is 0 Å². The third-order valence-electron chi connectivity index (χ3n) is 2.55. The van der Waals surface area contributed by atoms with Gasteiger partial charge in [-0.3, -0.25) is 0 Å². The standard InChI is InChI=1S/C10H22N2O/c1-10(5-4-6-11-9-10)13-8-7-12(2)3/h11H,4-9H2,1-3H3. The van der Waals surface area contributed by atoms with E-state index in [2.05, 4.69) is 31.2 Å². The molecule has 13 heavy (non-hydrogen) atoms. The molecule has 1 fully saturated rings. The topological polar surface area (TPSA) is 24.5 Å². The van der Waals surface area contributed by atoms with Crippen LogP contribution in [0.4, 0.5) is 0 Å². The minimum atomic E-state index is 0.0776. The average Bonchev–Trinajstić information content (AvgIpc) is 2.04. The van der Waals surface area contributed by atoms with Crippen molar-refractivity contribution in [3.63, 3.8) is 0 Å². The van der Waals surface area contributed by atoms with Crippen molar-refractivity contribution < 1.29 is 4.74 Å². The van der Waals surface area contributed by atoms with Gasteiger partial charge < -0.3 is 15.0 Å².